The third kappa shape index (κ3) is 3.08. The average Bonchev–Trinajstić information content (AvgIpc) is 2.66. The van der Waals surface area contributed by atoms with Gasteiger partial charge in [0.2, 0.25) is 0 Å². The summed E-state index contributed by atoms with van der Waals surface area (Å²) in [5.74, 6) is 0.793. The Bertz CT molecular complexity index is 359. The molecule has 1 atom stereocenters. The molecule has 0 radical (unpaired) electrons. The van der Waals surface area contributed by atoms with Crippen molar-refractivity contribution in [3.63, 3.8) is 0 Å². The van der Waals surface area contributed by atoms with Gasteiger partial charge in [0.1, 0.15) is 17.1 Å². The molecule has 1 aromatic heterocycles. The van der Waals surface area contributed by atoms with Crippen LogP contribution in [0.5, 0.6) is 0 Å². The smallest absolute Gasteiger partial charge is 0.341 e. The molecule has 0 fully saturated rings. The highest BCUT2D eigenvalue weighted by atomic mass is 16.5. The summed E-state index contributed by atoms with van der Waals surface area (Å²) >= 11 is 0. The van der Waals surface area contributed by atoms with E-state index < -0.39 is 5.97 Å². The van der Waals surface area contributed by atoms with Crippen LogP contribution in [0, 0.1) is 6.92 Å². The van der Waals surface area contributed by atoms with E-state index >= 15 is 0 Å². The SMILES string of the molecule is COC(=O)c1cc(CN[C@H](C)CO)oc1C. The predicted octanol–water partition coefficient (Wildman–Crippen LogP) is 0.845. The van der Waals surface area contributed by atoms with Crippen molar-refractivity contribution in [2.45, 2.75) is 26.4 Å². The number of rotatable bonds is 5. The van der Waals surface area contributed by atoms with E-state index in [1.807, 2.05) is 6.92 Å². The number of carbonyl (C=O) groups is 1. The molecule has 5 nitrogen and oxygen atoms in total. The molecule has 1 heterocycles. The van der Waals surface area contributed by atoms with Gasteiger partial charge in [0.25, 0.3) is 0 Å². The number of aryl methyl sites for hydroxylation is 1. The van der Waals surface area contributed by atoms with Crippen molar-refractivity contribution >= 4 is 5.97 Å². The van der Waals surface area contributed by atoms with Gasteiger partial charge >= 0.3 is 5.97 Å². The Kier molecular flexibility index (Phi) is 4.52. The lowest BCUT2D eigenvalue weighted by molar-refractivity contribution is 0.0599. The second kappa shape index (κ2) is 5.67. The lowest BCUT2D eigenvalue weighted by Gasteiger charge is -2.07. The number of furan rings is 1. The van der Waals surface area contributed by atoms with Gasteiger partial charge in [-0.15, -0.1) is 0 Å². The second-order valence-electron chi connectivity index (χ2n) is 3.64. The summed E-state index contributed by atoms with van der Waals surface area (Å²) in [6.45, 7) is 4.10. The first-order valence-electron chi connectivity index (χ1n) is 5.10. The fourth-order valence-electron chi connectivity index (χ4n) is 1.28. The molecule has 1 aromatic rings. The van der Waals surface area contributed by atoms with E-state index in [4.69, 9.17) is 9.52 Å². The number of aliphatic hydroxyl groups excluding tert-OH is 1. The van der Waals surface area contributed by atoms with Gasteiger partial charge in [-0.25, -0.2) is 4.79 Å². The highest BCUT2D eigenvalue weighted by Crippen LogP contribution is 2.15. The highest BCUT2D eigenvalue weighted by Gasteiger charge is 2.15. The van der Waals surface area contributed by atoms with E-state index in [0.29, 0.717) is 23.6 Å². The number of aliphatic hydroxyl groups is 1. The van der Waals surface area contributed by atoms with E-state index in [-0.39, 0.29) is 12.6 Å². The molecule has 0 saturated carbocycles. The molecule has 1 rings (SSSR count). The summed E-state index contributed by atoms with van der Waals surface area (Å²) < 4.78 is 10.0. The van der Waals surface area contributed by atoms with Gasteiger partial charge < -0.3 is 19.6 Å². The fraction of sp³-hybridized carbons (Fsp3) is 0.545. The third-order valence-corrected chi connectivity index (χ3v) is 2.27. The molecule has 0 aliphatic rings. The maximum Gasteiger partial charge on any atom is 0.341 e. The molecule has 16 heavy (non-hydrogen) atoms. The third-order valence-electron chi connectivity index (χ3n) is 2.27. The first kappa shape index (κ1) is 12.7. The number of carbonyl (C=O) groups excluding carboxylic acids is 1. The Balaban J connectivity index is 2.66. The van der Waals surface area contributed by atoms with Crippen LogP contribution in [-0.4, -0.2) is 30.8 Å². The van der Waals surface area contributed by atoms with Gasteiger partial charge in [-0.3, -0.25) is 0 Å². The van der Waals surface area contributed by atoms with Crippen molar-refractivity contribution in [1.29, 1.82) is 0 Å². The van der Waals surface area contributed by atoms with Crippen LogP contribution in [0.25, 0.3) is 0 Å². The minimum Gasteiger partial charge on any atom is -0.465 e. The Morgan fingerprint density at radius 2 is 2.38 bits per heavy atom. The number of ether oxygens (including phenoxy) is 1. The van der Waals surface area contributed by atoms with Crippen molar-refractivity contribution in [2.75, 3.05) is 13.7 Å². The van der Waals surface area contributed by atoms with Gasteiger partial charge in [0, 0.05) is 6.04 Å². The Hall–Kier alpha value is -1.33. The van der Waals surface area contributed by atoms with Crippen LogP contribution in [0.3, 0.4) is 0 Å². The monoisotopic (exact) mass is 227 g/mol. The van der Waals surface area contributed by atoms with Crippen molar-refractivity contribution in [2.24, 2.45) is 0 Å². The zero-order valence-electron chi connectivity index (χ0n) is 9.74. The van der Waals surface area contributed by atoms with Gasteiger partial charge in [-0.2, -0.15) is 0 Å². The quantitative estimate of drug-likeness (QED) is 0.729. The van der Waals surface area contributed by atoms with Crippen LogP contribution in [0.2, 0.25) is 0 Å². The highest BCUT2D eigenvalue weighted by molar-refractivity contribution is 5.90. The van der Waals surface area contributed by atoms with E-state index in [1.54, 1.807) is 13.0 Å². The average molecular weight is 227 g/mol. The summed E-state index contributed by atoms with van der Waals surface area (Å²) in [5.41, 5.74) is 0.441. The largest absolute Gasteiger partial charge is 0.465 e. The van der Waals surface area contributed by atoms with E-state index in [9.17, 15) is 4.79 Å². The lowest BCUT2D eigenvalue weighted by Crippen LogP contribution is -2.28. The molecule has 0 unspecified atom stereocenters. The standard InChI is InChI=1S/C11H17NO4/c1-7(6-13)12-5-9-4-10(8(2)16-9)11(14)15-3/h4,7,12-13H,5-6H2,1-3H3/t7-/m1/s1. The van der Waals surface area contributed by atoms with Crippen LogP contribution in [0.1, 0.15) is 28.8 Å². The van der Waals surface area contributed by atoms with Gasteiger partial charge in [-0.1, -0.05) is 0 Å². The normalized spacial score (nSPS) is 12.5. The molecule has 0 spiro atoms. The zero-order chi connectivity index (χ0) is 12.1. The molecule has 90 valence electrons. The van der Waals surface area contributed by atoms with Crippen LogP contribution < -0.4 is 5.32 Å². The molecule has 0 bridgehead atoms. The number of nitrogens with one attached hydrogen (secondary N) is 1. The molecule has 0 aliphatic heterocycles. The van der Waals surface area contributed by atoms with Crippen molar-refractivity contribution in [3.8, 4) is 0 Å². The second-order valence-corrected chi connectivity index (χ2v) is 3.64. The maximum atomic E-state index is 11.3. The molecular formula is C11H17NO4. The lowest BCUT2D eigenvalue weighted by atomic mass is 10.2. The van der Waals surface area contributed by atoms with Crippen molar-refractivity contribution in [1.82, 2.24) is 5.32 Å². The summed E-state index contributed by atoms with van der Waals surface area (Å²) in [6, 6.07) is 1.64. The first-order chi connectivity index (χ1) is 7.58. The summed E-state index contributed by atoms with van der Waals surface area (Å²) in [7, 11) is 1.33. The Labute approximate surface area is 94.4 Å². The molecule has 0 amide bonds. The van der Waals surface area contributed by atoms with Crippen molar-refractivity contribution in [3.05, 3.63) is 23.2 Å². The number of esters is 1. The van der Waals surface area contributed by atoms with E-state index in [2.05, 4.69) is 10.1 Å². The number of hydrogen-bond donors (Lipinski definition) is 2. The molecule has 0 saturated heterocycles. The van der Waals surface area contributed by atoms with Gasteiger partial charge in [0.05, 0.1) is 20.3 Å². The molecule has 0 aromatic carbocycles. The van der Waals surface area contributed by atoms with Crippen LogP contribution in [0.15, 0.2) is 10.5 Å². The topological polar surface area (TPSA) is 71.7 Å². The fourth-order valence-corrected chi connectivity index (χ4v) is 1.28. The van der Waals surface area contributed by atoms with Crippen LogP contribution in [0.4, 0.5) is 0 Å². The summed E-state index contributed by atoms with van der Waals surface area (Å²) in [5, 5.41) is 11.9. The first-order valence-corrected chi connectivity index (χ1v) is 5.10. The Morgan fingerprint density at radius 3 is 2.94 bits per heavy atom. The molecule has 5 heteroatoms. The molecule has 2 N–H and O–H groups in total. The maximum absolute atomic E-state index is 11.3. The van der Waals surface area contributed by atoms with E-state index in [0.717, 1.165) is 0 Å². The van der Waals surface area contributed by atoms with Gasteiger partial charge in [-0.05, 0) is 19.9 Å². The Morgan fingerprint density at radius 1 is 1.69 bits per heavy atom. The minimum absolute atomic E-state index is 0.00742. The molecular weight excluding hydrogens is 210 g/mol. The zero-order valence-corrected chi connectivity index (χ0v) is 9.74. The summed E-state index contributed by atoms with van der Waals surface area (Å²) in [6.07, 6.45) is 0. The van der Waals surface area contributed by atoms with Gasteiger partial charge in [0.15, 0.2) is 0 Å². The van der Waals surface area contributed by atoms with Crippen LogP contribution >= 0.6 is 0 Å². The van der Waals surface area contributed by atoms with Crippen molar-refractivity contribution < 1.29 is 19.1 Å². The molecule has 0 aliphatic carbocycles. The van der Waals surface area contributed by atoms with E-state index in [1.165, 1.54) is 7.11 Å². The number of hydrogen-bond acceptors (Lipinski definition) is 5. The number of methoxy groups -OCH3 is 1. The van der Waals surface area contributed by atoms with Crippen LogP contribution in [-0.2, 0) is 11.3 Å². The minimum atomic E-state index is -0.400. The predicted molar refractivity (Wildman–Crippen MR) is 58.2 cm³/mol. The summed E-state index contributed by atoms with van der Waals surface area (Å²) in [4.78, 5) is 11.3.